The van der Waals surface area contributed by atoms with Crippen LogP contribution in [0.1, 0.15) is 25.7 Å². The summed E-state index contributed by atoms with van der Waals surface area (Å²) in [6.07, 6.45) is 3.24. The number of nitrogens with one attached hydrogen (secondary N) is 1. The molecular formula is C15H20N2O4. The Kier molecular flexibility index (Phi) is 5.03. The van der Waals surface area contributed by atoms with Crippen molar-refractivity contribution in [3.63, 3.8) is 0 Å². The van der Waals surface area contributed by atoms with Gasteiger partial charge in [-0.25, -0.2) is 0 Å². The minimum atomic E-state index is -0.722. The number of carbonyl (C=O) groups excluding carboxylic acids is 1. The van der Waals surface area contributed by atoms with Crippen LogP contribution in [0.3, 0.4) is 0 Å². The first-order valence-corrected chi connectivity index (χ1v) is 7.05. The summed E-state index contributed by atoms with van der Waals surface area (Å²) in [7, 11) is 0. The summed E-state index contributed by atoms with van der Waals surface area (Å²) < 4.78 is 5.25. The predicted molar refractivity (Wildman–Crippen MR) is 78.1 cm³/mol. The second-order valence-corrected chi connectivity index (χ2v) is 5.33. The SMILES string of the molecule is NC(=O)COc1cccc(NC2CCCC(C(=O)O)C2)c1. The van der Waals surface area contributed by atoms with Crippen LogP contribution >= 0.6 is 0 Å². The number of nitrogens with two attached hydrogens (primary N) is 1. The van der Waals surface area contributed by atoms with E-state index in [-0.39, 0.29) is 18.6 Å². The molecular weight excluding hydrogens is 272 g/mol. The zero-order valence-corrected chi connectivity index (χ0v) is 11.7. The minimum Gasteiger partial charge on any atom is -0.484 e. The van der Waals surface area contributed by atoms with E-state index in [1.807, 2.05) is 12.1 Å². The van der Waals surface area contributed by atoms with Gasteiger partial charge in [0.05, 0.1) is 5.92 Å². The summed E-state index contributed by atoms with van der Waals surface area (Å²) in [5.41, 5.74) is 5.89. The Morgan fingerprint density at radius 1 is 1.38 bits per heavy atom. The molecule has 2 rings (SSSR count). The first-order chi connectivity index (χ1) is 10.0. The molecule has 1 fully saturated rings. The number of hydrogen-bond acceptors (Lipinski definition) is 4. The molecule has 0 bridgehead atoms. The van der Waals surface area contributed by atoms with Crippen LogP contribution < -0.4 is 15.8 Å². The molecule has 0 aromatic heterocycles. The standard InChI is InChI=1S/C15H20N2O4/c16-14(18)9-21-13-6-2-5-12(8-13)17-11-4-1-3-10(7-11)15(19)20/h2,5-6,8,10-11,17H,1,3-4,7,9H2,(H2,16,18)(H,19,20). The van der Waals surface area contributed by atoms with Gasteiger partial charge in [-0.15, -0.1) is 0 Å². The highest BCUT2D eigenvalue weighted by molar-refractivity contribution is 5.75. The summed E-state index contributed by atoms with van der Waals surface area (Å²) in [6.45, 7) is -0.159. The number of hydrogen-bond donors (Lipinski definition) is 3. The quantitative estimate of drug-likeness (QED) is 0.739. The number of benzene rings is 1. The maximum Gasteiger partial charge on any atom is 0.306 e. The number of carboxylic acid groups (broad SMARTS) is 1. The largest absolute Gasteiger partial charge is 0.484 e. The molecule has 1 aliphatic carbocycles. The van der Waals surface area contributed by atoms with E-state index in [9.17, 15) is 9.59 Å². The summed E-state index contributed by atoms with van der Waals surface area (Å²) in [5.74, 6) is -0.958. The van der Waals surface area contributed by atoms with Crippen molar-refractivity contribution in [1.29, 1.82) is 0 Å². The molecule has 114 valence electrons. The maximum absolute atomic E-state index is 11.1. The van der Waals surface area contributed by atoms with Crippen LogP contribution in [0.5, 0.6) is 5.75 Å². The molecule has 4 N–H and O–H groups in total. The van der Waals surface area contributed by atoms with Crippen molar-refractivity contribution in [2.45, 2.75) is 31.7 Å². The first kappa shape index (κ1) is 15.2. The van der Waals surface area contributed by atoms with E-state index in [0.29, 0.717) is 12.2 Å². The van der Waals surface area contributed by atoms with Gasteiger partial charge in [0.25, 0.3) is 5.91 Å². The Hall–Kier alpha value is -2.24. The zero-order chi connectivity index (χ0) is 15.2. The van der Waals surface area contributed by atoms with Gasteiger partial charge in [-0.3, -0.25) is 9.59 Å². The van der Waals surface area contributed by atoms with Crippen molar-refractivity contribution in [1.82, 2.24) is 0 Å². The van der Waals surface area contributed by atoms with Gasteiger partial charge in [0.1, 0.15) is 5.75 Å². The van der Waals surface area contributed by atoms with E-state index in [1.165, 1.54) is 0 Å². The average molecular weight is 292 g/mol. The topological polar surface area (TPSA) is 102 Å². The van der Waals surface area contributed by atoms with E-state index in [2.05, 4.69) is 5.32 Å². The Morgan fingerprint density at radius 3 is 2.90 bits per heavy atom. The molecule has 0 heterocycles. The van der Waals surface area contributed by atoms with Crippen LogP contribution in [0.4, 0.5) is 5.69 Å². The third-order valence-corrected chi connectivity index (χ3v) is 3.61. The average Bonchev–Trinajstić information content (AvgIpc) is 2.46. The fourth-order valence-electron chi connectivity index (χ4n) is 2.61. The van der Waals surface area contributed by atoms with E-state index in [4.69, 9.17) is 15.6 Å². The molecule has 1 aromatic rings. The van der Waals surface area contributed by atoms with Gasteiger partial charge in [-0.05, 0) is 31.4 Å². The lowest BCUT2D eigenvalue weighted by molar-refractivity contribution is -0.142. The Bertz CT molecular complexity index is 518. The van der Waals surface area contributed by atoms with Crippen LogP contribution in [-0.2, 0) is 9.59 Å². The molecule has 1 aromatic carbocycles. The van der Waals surface area contributed by atoms with Gasteiger partial charge in [-0.1, -0.05) is 12.5 Å². The van der Waals surface area contributed by atoms with Crippen molar-refractivity contribution in [3.05, 3.63) is 24.3 Å². The number of carbonyl (C=O) groups is 2. The van der Waals surface area contributed by atoms with Crippen molar-refractivity contribution in [3.8, 4) is 5.75 Å². The number of anilines is 1. The van der Waals surface area contributed by atoms with Crippen LogP contribution in [0.15, 0.2) is 24.3 Å². The van der Waals surface area contributed by atoms with Crippen LogP contribution in [0.25, 0.3) is 0 Å². The molecule has 1 aliphatic rings. The summed E-state index contributed by atoms with van der Waals surface area (Å²) in [6, 6.07) is 7.38. The van der Waals surface area contributed by atoms with E-state index in [1.54, 1.807) is 12.1 Å². The molecule has 6 nitrogen and oxygen atoms in total. The highest BCUT2D eigenvalue weighted by atomic mass is 16.5. The zero-order valence-electron chi connectivity index (χ0n) is 11.7. The number of rotatable bonds is 6. The molecule has 0 aliphatic heterocycles. The molecule has 1 saturated carbocycles. The monoisotopic (exact) mass is 292 g/mol. The lowest BCUT2D eigenvalue weighted by Crippen LogP contribution is -2.30. The molecule has 6 heteroatoms. The third-order valence-electron chi connectivity index (χ3n) is 3.61. The smallest absolute Gasteiger partial charge is 0.306 e. The van der Waals surface area contributed by atoms with E-state index < -0.39 is 11.9 Å². The van der Waals surface area contributed by atoms with E-state index >= 15 is 0 Å². The van der Waals surface area contributed by atoms with Gasteiger partial charge in [0.2, 0.25) is 0 Å². The molecule has 0 saturated heterocycles. The van der Waals surface area contributed by atoms with Gasteiger partial charge in [0.15, 0.2) is 6.61 Å². The summed E-state index contributed by atoms with van der Waals surface area (Å²) >= 11 is 0. The van der Waals surface area contributed by atoms with Gasteiger partial charge in [0, 0.05) is 17.8 Å². The molecule has 0 radical (unpaired) electrons. The predicted octanol–water partition coefficient (Wildman–Crippen LogP) is 1.61. The van der Waals surface area contributed by atoms with Gasteiger partial charge < -0.3 is 20.9 Å². The number of carboxylic acids is 1. The Morgan fingerprint density at radius 2 is 2.19 bits per heavy atom. The van der Waals surface area contributed by atoms with Crippen molar-refractivity contribution in [2.75, 3.05) is 11.9 Å². The summed E-state index contributed by atoms with van der Waals surface area (Å²) in [5, 5.41) is 12.4. The van der Waals surface area contributed by atoms with Gasteiger partial charge in [-0.2, -0.15) is 0 Å². The lowest BCUT2D eigenvalue weighted by atomic mass is 9.85. The maximum atomic E-state index is 11.1. The molecule has 2 atom stereocenters. The van der Waals surface area contributed by atoms with Gasteiger partial charge >= 0.3 is 5.97 Å². The second-order valence-electron chi connectivity index (χ2n) is 5.33. The number of amides is 1. The van der Waals surface area contributed by atoms with Crippen molar-refractivity contribution < 1.29 is 19.4 Å². The number of ether oxygens (including phenoxy) is 1. The van der Waals surface area contributed by atoms with Crippen LogP contribution in [0, 0.1) is 5.92 Å². The van der Waals surface area contributed by atoms with Crippen molar-refractivity contribution >= 4 is 17.6 Å². The first-order valence-electron chi connectivity index (χ1n) is 7.05. The molecule has 0 spiro atoms. The Labute approximate surface area is 123 Å². The normalized spacial score (nSPS) is 21.5. The van der Waals surface area contributed by atoms with Crippen molar-refractivity contribution in [2.24, 2.45) is 11.7 Å². The number of aliphatic carboxylic acids is 1. The highest BCUT2D eigenvalue weighted by Gasteiger charge is 2.26. The molecule has 1 amide bonds. The number of primary amides is 1. The Balaban J connectivity index is 1.94. The fourth-order valence-corrected chi connectivity index (χ4v) is 2.61. The highest BCUT2D eigenvalue weighted by Crippen LogP contribution is 2.28. The minimum absolute atomic E-state index is 0.145. The second kappa shape index (κ2) is 6.97. The third kappa shape index (κ3) is 4.66. The van der Waals surface area contributed by atoms with Crippen LogP contribution in [-0.4, -0.2) is 29.6 Å². The van der Waals surface area contributed by atoms with Crippen LogP contribution in [0.2, 0.25) is 0 Å². The fraction of sp³-hybridized carbons (Fsp3) is 0.467. The summed E-state index contributed by atoms with van der Waals surface area (Å²) in [4.78, 5) is 21.8. The molecule has 2 unspecified atom stereocenters. The van der Waals surface area contributed by atoms with E-state index in [0.717, 1.165) is 24.9 Å². The molecule has 21 heavy (non-hydrogen) atoms. The lowest BCUT2D eigenvalue weighted by Gasteiger charge is -2.28.